The third-order valence-electron chi connectivity index (χ3n) is 4.66. The molecule has 6 nitrogen and oxygen atoms in total. The van der Waals surface area contributed by atoms with Gasteiger partial charge in [0.05, 0.1) is 5.69 Å². The molecule has 0 radical (unpaired) electrons. The molecule has 4 aromatic rings. The second-order valence-corrected chi connectivity index (χ2v) is 7.20. The van der Waals surface area contributed by atoms with Crippen LogP contribution in [0.5, 0.6) is 0 Å². The Balaban J connectivity index is 1.71. The molecule has 0 spiro atoms. The van der Waals surface area contributed by atoms with Crippen molar-refractivity contribution in [1.29, 1.82) is 0 Å². The molecular formula is C22H16ClF2N5O. The Morgan fingerprint density at radius 1 is 1.16 bits per heavy atom. The van der Waals surface area contributed by atoms with Crippen LogP contribution in [0.15, 0.2) is 60.9 Å². The van der Waals surface area contributed by atoms with Crippen molar-refractivity contribution >= 4 is 17.5 Å². The molecule has 0 saturated carbocycles. The number of benzene rings is 2. The zero-order valence-electron chi connectivity index (χ0n) is 16.3. The molecule has 0 bridgehead atoms. The number of hydrogen-bond donors (Lipinski definition) is 1. The predicted octanol–water partition coefficient (Wildman–Crippen LogP) is 4.50. The van der Waals surface area contributed by atoms with Gasteiger partial charge in [0, 0.05) is 29.5 Å². The number of aromatic nitrogens is 4. The topological polar surface area (TPSA) is 72.7 Å². The summed E-state index contributed by atoms with van der Waals surface area (Å²) in [5.41, 5.74) is 2.61. The van der Waals surface area contributed by atoms with Gasteiger partial charge in [0.2, 0.25) is 0 Å². The van der Waals surface area contributed by atoms with E-state index in [4.69, 9.17) is 11.6 Å². The van der Waals surface area contributed by atoms with Gasteiger partial charge in [0.15, 0.2) is 5.69 Å². The van der Waals surface area contributed by atoms with Gasteiger partial charge in [-0.05, 0) is 60.5 Å². The summed E-state index contributed by atoms with van der Waals surface area (Å²) in [6.07, 6.45) is 3.19. The lowest BCUT2D eigenvalue weighted by Crippen LogP contribution is -2.24. The van der Waals surface area contributed by atoms with Gasteiger partial charge in [-0.1, -0.05) is 22.9 Å². The van der Waals surface area contributed by atoms with E-state index in [1.807, 2.05) is 0 Å². The van der Waals surface area contributed by atoms with Crippen molar-refractivity contribution in [3.05, 3.63) is 94.4 Å². The van der Waals surface area contributed by atoms with Crippen LogP contribution in [0.2, 0.25) is 5.02 Å². The van der Waals surface area contributed by atoms with E-state index < -0.39 is 11.7 Å². The van der Waals surface area contributed by atoms with Crippen LogP contribution in [0.25, 0.3) is 16.9 Å². The Labute approximate surface area is 181 Å². The molecule has 156 valence electrons. The highest BCUT2D eigenvalue weighted by molar-refractivity contribution is 6.31. The second kappa shape index (κ2) is 8.61. The average molecular weight is 440 g/mol. The number of carbonyl (C=O) groups is 1. The maximum Gasteiger partial charge on any atom is 0.274 e. The minimum Gasteiger partial charge on any atom is -0.346 e. The first kappa shape index (κ1) is 20.6. The van der Waals surface area contributed by atoms with E-state index in [1.54, 1.807) is 43.6 Å². The molecule has 1 amide bonds. The summed E-state index contributed by atoms with van der Waals surface area (Å²) in [6.45, 7) is 1.71. The maximum absolute atomic E-state index is 13.7. The van der Waals surface area contributed by atoms with E-state index >= 15 is 0 Å². The molecule has 1 N–H and O–H groups in total. The fourth-order valence-corrected chi connectivity index (χ4v) is 3.30. The second-order valence-electron chi connectivity index (χ2n) is 6.79. The van der Waals surface area contributed by atoms with Crippen LogP contribution in [-0.2, 0) is 6.54 Å². The standard InChI is InChI=1S/C22H16ClF2N5O/c1-13-9-17(6-7-19(13)25)30-21(15-3-2-8-26-11-15)20(28-29-30)22(31)27-12-14-4-5-16(24)10-18(14)23/h2-11H,12H2,1H3,(H,27,31). The number of aryl methyl sites for hydroxylation is 1. The van der Waals surface area contributed by atoms with Gasteiger partial charge in [-0.3, -0.25) is 9.78 Å². The Morgan fingerprint density at radius 3 is 2.71 bits per heavy atom. The van der Waals surface area contributed by atoms with E-state index in [9.17, 15) is 13.6 Å². The zero-order chi connectivity index (χ0) is 22.0. The quantitative estimate of drug-likeness (QED) is 0.497. The molecule has 0 atom stereocenters. The third kappa shape index (κ3) is 4.29. The molecule has 2 aromatic carbocycles. The van der Waals surface area contributed by atoms with Crippen LogP contribution in [-0.4, -0.2) is 25.9 Å². The molecule has 0 aliphatic rings. The van der Waals surface area contributed by atoms with Crippen molar-refractivity contribution in [3.63, 3.8) is 0 Å². The molecule has 0 aliphatic carbocycles. The predicted molar refractivity (Wildman–Crippen MR) is 112 cm³/mol. The van der Waals surface area contributed by atoms with E-state index in [-0.39, 0.29) is 23.1 Å². The van der Waals surface area contributed by atoms with Crippen LogP contribution in [0.1, 0.15) is 21.6 Å². The maximum atomic E-state index is 13.7. The van der Waals surface area contributed by atoms with Crippen molar-refractivity contribution in [2.75, 3.05) is 0 Å². The van der Waals surface area contributed by atoms with Crippen molar-refractivity contribution in [3.8, 4) is 16.9 Å². The normalized spacial score (nSPS) is 10.8. The Kier molecular flexibility index (Phi) is 5.73. The molecule has 31 heavy (non-hydrogen) atoms. The number of rotatable bonds is 5. The van der Waals surface area contributed by atoms with Crippen LogP contribution >= 0.6 is 11.6 Å². The monoisotopic (exact) mass is 439 g/mol. The van der Waals surface area contributed by atoms with Crippen LogP contribution in [0, 0.1) is 18.6 Å². The number of amides is 1. The van der Waals surface area contributed by atoms with Gasteiger partial charge in [-0.25, -0.2) is 13.5 Å². The molecular weight excluding hydrogens is 424 g/mol. The number of hydrogen-bond acceptors (Lipinski definition) is 4. The molecule has 2 heterocycles. The lowest BCUT2D eigenvalue weighted by atomic mass is 10.1. The highest BCUT2D eigenvalue weighted by Gasteiger charge is 2.22. The average Bonchev–Trinajstić information content (AvgIpc) is 3.21. The van der Waals surface area contributed by atoms with Gasteiger partial charge in [0.1, 0.15) is 17.3 Å². The van der Waals surface area contributed by atoms with Crippen molar-refractivity contribution < 1.29 is 13.6 Å². The number of nitrogens with one attached hydrogen (secondary N) is 1. The summed E-state index contributed by atoms with van der Waals surface area (Å²) in [5.74, 6) is -1.30. The van der Waals surface area contributed by atoms with Gasteiger partial charge < -0.3 is 5.32 Å². The summed E-state index contributed by atoms with van der Waals surface area (Å²) in [6, 6.07) is 11.9. The van der Waals surface area contributed by atoms with Gasteiger partial charge >= 0.3 is 0 Å². The van der Waals surface area contributed by atoms with Crippen molar-refractivity contribution in [2.24, 2.45) is 0 Å². The van der Waals surface area contributed by atoms with Gasteiger partial charge in [-0.2, -0.15) is 0 Å². The summed E-state index contributed by atoms with van der Waals surface area (Å²) in [4.78, 5) is 17.0. The first-order valence-corrected chi connectivity index (χ1v) is 9.66. The Morgan fingerprint density at radius 2 is 2.00 bits per heavy atom. The first-order chi connectivity index (χ1) is 14.9. The number of nitrogens with zero attached hydrogens (tertiary/aromatic N) is 4. The van der Waals surface area contributed by atoms with Gasteiger partial charge in [0.25, 0.3) is 5.91 Å². The summed E-state index contributed by atoms with van der Waals surface area (Å²) in [7, 11) is 0. The summed E-state index contributed by atoms with van der Waals surface area (Å²) >= 11 is 6.04. The Hall–Kier alpha value is -3.65. The van der Waals surface area contributed by atoms with Crippen LogP contribution in [0.4, 0.5) is 8.78 Å². The smallest absolute Gasteiger partial charge is 0.274 e. The summed E-state index contributed by atoms with van der Waals surface area (Å²) in [5, 5.41) is 11.1. The molecule has 0 aliphatic heterocycles. The largest absolute Gasteiger partial charge is 0.346 e. The lowest BCUT2D eigenvalue weighted by molar-refractivity contribution is 0.0946. The molecule has 0 unspecified atom stereocenters. The summed E-state index contributed by atoms with van der Waals surface area (Å²) < 4.78 is 28.4. The SMILES string of the molecule is Cc1cc(-n2nnc(C(=O)NCc3ccc(F)cc3Cl)c2-c2cccnc2)ccc1F. The molecule has 2 aromatic heterocycles. The van der Waals surface area contributed by atoms with E-state index in [0.717, 1.165) is 0 Å². The lowest BCUT2D eigenvalue weighted by Gasteiger charge is -2.10. The number of pyridine rings is 1. The molecule has 9 heteroatoms. The highest BCUT2D eigenvalue weighted by atomic mass is 35.5. The minimum absolute atomic E-state index is 0.0632. The molecule has 4 rings (SSSR count). The van der Waals surface area contributed by atoms with E-state index in [2.05, 4.69) is 20.6 Å². The van der Waals surface area contributed by atoms with Crippen LogP contribution < -0.4 is 5.32 Å². The number of halogens is 3. The third-order valence-corrected chi connectivity index (χ3v) is 5.01. The van der Waals surface area contributed by atoms with Gasteiger partial charge in [-0.15, -0.1) is 5.10 Å². The molecule has 0 saturated heterocycles. The zero-order valence-corrected chi connectivity index (χ0v) is 17.1. The minimum atomic E-state index is -0.496. The Bertz CT molecular complexity index is 1260. The fraction of sp³-hybridized carbons (Fsp3) is 0.0909. The number of carbonyl (C=O) groups excluding carboxylic acids is 1. The van der Waals surface area contributed by atoms with E-state index in [0.29, 0.717) is 28.1 Å². The molecule has 0 fully saturated rings. The first-order valence-electron chi connectivity index (χ1n) is 9.29. The fourth-order valence-electron chi connectivity index (χ4n) is 3.06. The highest BCUT2D eigenvalue weighted by Crippen LogP contribution is 2.26. The van der Waals surface area contributed by atoms with Crippen LogP contribution in [0.3, 0.4) is 0 Å². The van der Waals surface area contributed by atoms with E-state index in [1.165, 1.54) is 28.9 Å². The van der Waals surface area contributed by atoms with Crippen molar-refractivity contribution in [1.82, 2.24) is 25.3 Å². The van der Waals surface area contributed by atoms with Crippen molar-refractivity contribution in [2.45, 2.75) is 13.5 Å².